The number of piperazine rings is 1. The first-order valence-corrected chi connectivity index (χ1v) is 23.0. The second kappa shape index (κ2) is 17.8. The Morgan fingerprint density at radius 1 is 0.759 bits per heavy atom. The lowest BCUT2D eigenvalue weighted by molar-refractivity contribution is -0.144. The highest BCUT2D eigenvalue weighted by molar-refractivity contribution is 6.02. The molecule has 0 bridgehead atoms. The van der Waals surface area contributed by atoms with Crippen molar-refractivity contribution in [2.24, 2.45) is 41.4 Å². The molecule has 5 aliphatic carbocycles. The number of imide groups is 1. The molecular formula is C45H72N4O5. The van der Waals surface area contributed by atoms with E-state index in [0.29, 0.717) is 43.4 Å². The van der Waals surface area contributed by atoms with Crippen LogP contribution in [0.5, 0.6) is 0 Å². The van der Waals surface area contributed by atoms with Gasteiger partial charge < -0.3 is 19.6 Å². The topological polar surface area (TPSA) is 102 Å². The van der Waals surface area contributed by atoms with E-state index >= 15 is 0 Å². The summed E-state index contributed by atoms with van der Waals surface area (Å²) in [5.41, 5.74) is 3.71. The van der Waals surface area contributed by atoms with Crippen molar-refractivity contribution >= 4 is 17.7 Å². The average molecular weight is 749 g/mol. The molecule has 3 heterocycles. The Morgan fingerprint density at radius 3 is 2.15 bits per heavy atom. The zero-order valence-corrected chi connectivity index (χ0v) is 33.6. The minimum absolute atomic E-state index is 0.0522. The van der Waals surface area contributed by atoms with Crippen LogP contribution in [0, 0.1) is 41.4 Å². The number of nitrogens with zero attached hydrogens (tertiary/aromatic N) is 3. The lowest BCUT2D eigenvalue weighted by Gasteiger charge is -2.45. The summed E-state index contributed by atoms with van der Waals surface area (Å²) in [5.74, 6) is 3.84. The van der Waals surface area contributed by atoms with Gasteiger partial charge in [-0.25, -0.2) is 0 Å². The summed E-state index contributed by atoms with van der Waals surface area (Å²) in [5, 5.41) is 12.7. The van der Waals surface area contributed by atoms with Crippen LogP contribution in [0.3, 0.4) is 0 Å². The maximum atomic E-state index is 13.3. The van der Waals surface area contributed by atoms with Crippen molar-refractivity contribution in [2.75, 3.05) is 45.9 Å². The molecule has 3 saturated heterocycles. The Morgan fingerprint density at radius 2 is 1.46 bits per heavy atom. The van der Waals surface area contributed by atoms with Gasteiger partial charge in [-0.15, -0.1) is 0 Å². The van der Waals surface area contributed by atoms with Gasteiger partial charge in [-0.3, -0.25) is 24.6 Å². The smallest absolute Gasteiger partial charge is 0.249 e. The van der Waals surface area contributed by atoms with E-state index in [1.807, 2.05) is 11.1 Å². The molecule has 0 aromatic carbocycles. The maximum Gasteiger partial charge on any atom is 0.249 e. The van der Waals surface area contributed by atoms with Crippen LogP contribution in [0.2, 0.25) is 0 Å². The SMILES string of the molecule is CC/C(=C(\C1CCC(O)CC1)C1CCC(OCC2CC(CN3CCN(C4CCC5C(=O)N(C6CCC(=O)NC6=O)CC5C4)CC3)C2)CC1)C1CCCCC1. The third-order valence-corrected chi connectivity index (χ3v) is 16.0. The van der Waals surface area contributed by atoms with Gasteiger partial charge in [0.15, 0.2) is 0 Å². The average Bonchev–Trinajstić information content (AvgIpc) is 3.50. The number of ether oxygens (including phenoxy) is 1. The standard InChI is InChI=1S/C45H72N4O5/c1-2-39(32-6-4-3-5-7-32)43(33-8-13-37(50)14-9-33)34-10-15-38(16-11-34)54-29-31-24-30(25-31)27-47-20-22-48(23-21-47)36-12-17-40-35(26-36)28-49(45(40)53)41-18-19-42(51)46-44(41)52/h30-38,40-41,50H,2-29H2,1H3,(H,46,51,52)/b43-39-. The van der Waals surface area contributed by atoms with E-state index in [1.54, 1.807) is 4.90 Å². The van der Waals surface area contributed by atoms with Crippen molar-refractivity contribution in [2.45, 2.75) is 166 Å². The number of hydrogen-bond acceptors (Lipinski definition) is 7. The summed E-state index contributed by atoms with van der Waals surface area (Å²) in [6.07, 6.45) is 24.6. The van der Waals surface area contributed by atoms with Crippen LogP contribution in [0.15, 0.2) is 11.1 Å². The highest BCUT2D eigenvalue weighted by Gasteiger charge is 2.49. The van der Waals surface area contributed by atoms with Crippen LogP contribution in [0.1, 0.15) is 142 Å². The number of aliphatic hydroxyl groups is 1. The van der Waals surface area contributed by atoms with Crippen LogP contribution >= 0.6 is 0 Å². The van der Waals surface area contributed by atoms with Crippen molar-refractivity contribution in [3.8, 4) is 0 Å². The Kier molecular flexibility index (Phi) is 12.8. The number of fused-ring (bicyclic) bond motifs is 1. The zero-order valence-electron chi connectivity index (χ0n) is 33.6. The molecule has 4 unspecified atom stereocenters. The molecule has 302 valence electrons. The fourth-order valence-electron chi connectivity index (χ4n) is 13.0. The molecule has 0 aromatic heterocycles. The summed E-state index contributed by atoms with van der Waals surface area (Å²) in [7, 11) is 0. The summed E-state index contributed by atoms with van der Waals surface area (Å²) >= 11 is 0. The number of likely N-dealkylation sites (tertiary alicyclic amines) is 1. The molecule has 8 fully saturated rings. The molecule has 0 spiro atoms. The number of hydrogen-bond donors (Lipinski definition) is 2. The van der Waals surface area contributed by atoms with Crippen LogP contribution in [0.25, 0.3) is 0 Å². The molecule has 4 atom stereocenters. The maximum absolute atomic E-state index is 13.3. The van der Waals surface area contributed by atoms with Crippen LogP contribution in [-0.4, -0.2) is 108 Å². The number of piperidine rings is 1. The summed E-state index contributed by atoms with van der Waals surface area (Å²) in [4.78, 5) is 44.6. The molecule has 2 N–H and O–H groups in total. The molecule has 3 amide bonds. The monoisotopic (exact) mass is 749 g/mol. The van der Waals surface area contributed by atoms with Gasteiger partial charge in [0.25, 0.3) is 0 Å². The zero-order chi connectivity index (χ0) is 37.2. The molecule has 8 aliphatic rings. The highest BCUT2D eigenvalue weighted by atomic mass is 16.5. The Balaban J connectivity index is 0.731. The van der Waals surface area contributed by atoms with E-state index in [2.05, 4.69) is 22.0 Å². The van der Waals surface area contributed by atoms with Gasteiger partial charge in [0.1, 0.15) is 6.04 Å². The van der Waals surface area contributed by atoms with Gasteiger partial charge in [-0.2, -0.15) is 0 Å². The number of rotatable bonds is 11. The van der Waals surface area contributed by atoms with Crippen LogP contribution < -0.4 is 5.32 Å². The number of aliphatic hydroxyl groups excluding tert-OH is 1. The normalized spacial score (nSPS) is 39.5. The molecule has 5 saturated carbocycles. The highest BCUT2D eigenvalue weighted by Crippen LogP contribution is 2.46. The number of nitrogens with one attached hydrogen (secondary N) is 1. The van der Waals surface area contributed by atoms with Crippen molar-refractivity contribution < 1.29 is 24.2 Å². The molecule has 0 radical (unpaired) electrons. The summed E-state index contributed by atoms with van der Waals surface area (Å²) in [6, 6.07) is 0.0717. The van der Waals surface area contributed by atoms with E-state index in [1.165, 1.54) is 96.4 Å². The molecule has 54 heavy (non-hydrogen) atoms. The molecule has 3 aliphatic heterocycles. The first-order valence-electron chi connectivity index (χ1n) is 23.0. The second-order valence-electron chi connectivity index (χ2n) is 19.3. The first-order chi connectivity index (χ1) is 26.3. The number of carbonyl (C=O) groups is 3. The van der Waals surface area contributed by atoms with Crippen molar-refractivity contribution in [3.63, 3.8) is 0 Å². The van der Waals surface area contributed by atoms with Gasteiger partial charge >= 0.3 is 0 Å². The predicted molar refractivity (Wildman–Crippen MR) is 210 cm³/mol. The molecule has 9 heteroatoms. The van der Waals surface area contributed by atoms with Crippen molar-refractivity contribution in [3.05, 3.63) is 11.1 Å². The van der Waals surface area contributed by atoms with Gasteiger partial charge in [0.2, 0.25) is 17.7 Å². The van der Waals surface area contributed by atoms with Gasteiger partial charge in [0.05, 0.1) is 12.2 Å². The second-order valence-corrected chi connectivity index (χ2v) is 19.3. The third-order valence-electron chi connectivity index (χ3n) is 16.0. The van der Waals surface area contributed by atoms with Gasteiger partial charge in [-0.05, 0) is 145 Å². The predicted octanol–water partition coefficient (Wildman–Crippen LogP) is 6.48. The molecular weight excluding hydrogens is 677 g/mol. The fraction of sp³-hybridized carbons (Fsp3) is 0.889. The van der Waals surface area contributed by atoms with Crippen molar-refractivity contribution in [1.82, 2.24) is 20.0 Å². The Hall–Kier alpha value is -1.81. The van der Waals surface area contributed by atoms with Crippen molar-refractivity contribution in [1.29, 1.82) is 0 Å². The van der Waals surface area contributed by atoms with Crippen LogP contribution in [0.4, 0.5) is 0 Å². The van der Waals surface area contributed by atoms with E-state index in [9.17, 15) is 19.5 Å². The van der Waals surface area contributed by atoms with E-state index in [0.717, 1.165) is 88.6 Å². The van der Waals surface area contributed by atoms with Gasteiger partial charge in [0, 0.05) is 64.3 Å². The van der Waals surface area contributed by atoms with E-state index < -0.39 is 6.04 Å². The number of allylic oxidation sites excluding steroid dienone is 2. The van der Waals surface area contributed by atoms with Gasteiger partial charge in [-0.1, -0.05) is 37.3 Å². The quantitative estimate of drug-likeness (QED) is 0.185. The third kappa shape index (κ3) is 8.84. The Bertz CT molecular complexity index is 1330. The van der Waals surface area contributed by atoms with E-state index in [-0.39, 0.29) is 29.7 Å². The number of carbonyl (C=O) groups excluding carboxylic acids is 3. The van der Waals surface area contributed by atoms with Crippen LogP contribution in [-0.2, 0) is 19.1 Å². The molecule has 8 rings (SSSR count). The van der Waals surface area contributed by atoms with E-state index in [4.69, 9.17) is 4.74 Å². The fourth-order valence-corrected chi connectivity index (χ4v) is 13.0. The lowest BCUT2D eigenvalue weighted by atomic mass is 9.67. The molecule has 9 nitrogen and oxygen atoms in total. The largest absolute Gasteiger partial charge is 0.393 e. The minimum atomic E-state index is -0.468. The first kappa shape index (κ1) is 39.0. The summed E-state index contributed by atoms with van der Waals surface area (Å²) < 4.78 is 6.66. The molecule has 0 aromatic rings. The Labute approximate surface area is 325 Å². The lowest BCUT2D eigenvalue weighted by Crippen LogP contribution is -2.53. The number of amides is 3. The minimum Gasteiger partial charge on any atom is -0.393 e. The summed E-state index contributed by atoms with van der Waals surface area (Å²) in [6.45, 7) is 9.81.